The first-order valence-corrected chi connectivity index (χ1v) is 10.3. The summed E-state index contributed by atoms with van der Waals surface area (Å²) in [6, 6.07) is 17.9. The predicted octanol–water partition coefficient (Wildman–Crippen LogP) is 5.94. The van der Waals surface area contributed by atoms with Crippen molar-refractivity contribution in [3.05, 3.63) is 70.2 Å². The highest BCUT2D eigenvalue weighted by Crippen LogP contribution is 2.53. The molecule has 5 heteroatoms. The molecule has 1 atom stereocenters. The van der Waals surface area contributed by atoms with Crippen molar-refractivity contribution in [1.29, 1.82) is 5.26 Å². The molecule has 1 aliphatic rings. The fraction of sp³-hybridized carbons (Fsp3) is 0.417. The van der Waals surface area contributed by atoms with Crippen LogP contribution in [0.4, 0.5) is 4.79 Å². The van der Waals surface area contributed by atoms with E-state index in [0.717, 1.165) is 24.8 Å². The van der Waals surface area contributed by atoms with Gasteiger partial charge in [-0.25, -0.2) is 4.79 Å². The van der Waals surface area contributed by atoms with Crippen molar-refractivity contribution in [1.82, 2.24) is 5.32 Å². The van der Waals surface area contributed by atoms with E-state index in [0.29, 0.717) is 17.1 Å². The van der Waals surface area contributed by atoms with E-state index >= 15 is 0 Å². The van der Waals surface area contributed by atoms with Gasteiger partial charge in [0.25, 0.3) is 0 Å². The highest BCUT2D eigenvalue weighted by Gasteiger charge is 2.46. The van der Waals surface area contributed by atoms with E-state index in [4.69, 9.17) is 16.3 Å². The lowest BCUT2D eigenvalue weighted by atomic mass is 9.56. The van der Waals surface area contributed by atoms with Gasteiger partial charge in [-0.15, -0.1) is 0 Å². The second kappa shape index (κ2) is 8.47. The minimum atomic E-state index is -0.551. The smallest absolute Gasteiger partial charge is 0.407 e. The maximum Gasteiger partial charge on any atom is 0.407 e. The van der Waals surface area contributed by atoms with Gasteiger partial charge in [0.2, 0.25) is 0 Å². The van der Waals surface area contributed by atoms with E-state index in [-0.39, 0.29) is 11.3 Å². The quantitative estimate of drug-likeness (QED) is 0.663. The van der Waals surface area contributed by atoms with E-state index in [9.17, 15) is 10.1 Å². The Labute approximate surface area is 177 Å². The Morgan fingerprint density at radius 1 is 1.24 bits per heavy atom. The van der Waals surface area contributed by atoms with Crippen molar-refractivity contribution in [3.8, 4) is 6.07 Å². The molecule has 0 spiro atoms. The minimum absolute atomic E-state index is 0.0262. The van der Waals surface area contributed by atoms with Crippen LogP contribution in [-0.4, -0.2) is 18.2 Å². The second-order valence-electron chi connectivity index (χ2n) is 8.69. The van der Waals surface area contributed by atoms with Crippen LogP contribution in [0.15, 0.2) is 48.5 Å². The summed E-state index contributed by atoms with van der Waals surface area (Å²) in [6.45, 7) is 5.98. The van der Waals surface area contributed by atoms with E-state index in [2.05, 4.69) is 23.5 Å². The Kier molecular flexibility index (Phi) is 6.19. The van der Waals surface area contributed by atoms with Gasteiger partial charge >= 0.3 is 6.09 Å². The molecule has 1 amide bonds. The third kappa shape index (κ3) is 4.92. The molecule has 2 aromatic rings. The van der Waals surface area contributed by atoms with E-state index in [1.54, 1.807) is 6.07 Å². The molecular weight excluding hydrogens is 384 g/mol. The zero-order valence-corrected chi connectivity index (χ0v) is 17.9. The lowest BCUT2D eigenvalue weighted by Crippen LogP contribution is -2.46. The molecule has 0 heterocycles. The number of halogens is 1. The summed E-state index contributed by atoms with van der Waals surface area (Å²) in [7, 11) is 0. The fourth-order valence-corrected chi connectivity index (χ4v) is 4.26. The highest BCUT2D eigenvalue weighted by molar-refractivity contribution is 6.30. The second-order valence-corrected chi connectivity index (χ2v) is 9.13. The van der Waals surface area contributed by atoms with Crippen molar-refractivity contribution >= 4 is 17.7 Å². The maximum absolute atomic E-state index is 12.3. The van der Waals surface area contributed by atoms with Crippen molar-refractivity contribution in [2.24, 2.45) is 0 Å². The molecule has 1 N–H and O–H groups in total. The summed E-state index contributed by atoms with van der Waals surface area (Å²) >= 11 is 6.11. The fourth-order valence-electron chi connectivity index (χ4n) is 4.13. The topological polar surface area (TPSA) is 62.1 Å². The van der Waals surface area contributed by atoms with Gasteiger partial charge in [0.15, 0.2) is 0 Å². The van der Waals surface area contributed by atoms with Crippen LogP contribution in [0.3, 0.4) is 0 Å². The van der Waals surface area contributed by atoms with Crippen molar-refractivity contribution in [2.75, 3.05) is 6.54 Å². The molecule has 4 nitrogen and oxygen atoms in total. The number of ether oxygens (including phenoxy) is 1. The van der Waals surface area contributed by atoms with Crippen LogP contribution >= 0.6 is 11.6 Å². The number of alkyl carbamates (subject to hydrolysis) is 1. The van der Waals surface area contributed by atoms with Crippen LogP contribution in [0.1, 0.15) is 62.6 Å². The van der Waals surface area contributed by atoms with Crippen molar-refractivity contribution in [3.63, 3.8) is 0 Å². The third-order valence-electron chi connectivity index (χ3n) is 5.60. The molecule has 0 unspecified atom stereocenters. The Morgan fingerprint density at radius 3 is 2.48 bits per heavy atom. The Bertz CT molecular complexity index is 906. The van der Waals surface area contributed by atoms with E-state index < -0.39 is 11.7 Å². The van der Waals surface area contributed by atoms with Gasteiger partial charge in [-0.3, -0.25) is 0 Å². The SMILES string of the molecule is CC(C)(C)OC(=O)NC[C@H](c1cccc(C#N)c1)C1(c2ccc(Cl)cc2)CCC1. The van der Waals surface area contributed by atoms with Gasteiger partial charge < -0.3 is 10.1 Å². The number of hydrogen-bond donors (Lipinski definition) is 1. The summed E-state index contributed by atoms with van der Waals surface area (Å²) in [5, 5.41) is 13.0. The molecule has 0 radical (unpaired) electrons. The molecular formula is C24H27ClN2O2. The summed E-state index contributed by atoms with van der Waals surface area (Å²) in [6.07, 6.45) is 2.74. The van der Waals surface area contributed by atoms with Crippen LogP contribution in [0.2, 0.25) is 5.02 Å². The van der Waals surface area contributed by atoms with Gasteiger partial charge in [-0.2, -0.15) is 5.26 Å². The minimum Gasteiger partial charge on any atom is -0.444 e. The van der Waals surface area contributed by atoms with Gasteiger partial charge in [0.05, 0.1) is 11.6 Å². The molecule has 3 rings (SSSR count). The third-order valence-corrected chi connectivity index (χ3v) is 5.85. The summed E-state index contributed by atoms with van der Waals surface area (Å²) in [5.41, 5.74) is 2.23. The number of nitrogens with zero attached hydrogens (tertiary/aromatic N) is 1. The van der Waals surface area contributed by atoms with Crippen LogP contribution in [-0.2, 0) is 10.2 Å². The lowest BCUT2D eigenvalue weighted by Gasteiger charge is -2.49. The van der Waals surface area contributed by atoms with Crippen LogP contribution in [0, 0.1) is 11.3 Å². The van der Waals surface area contributed by atoms with Gasteiger partial charge in [-0.05, 0) is 69.0 Å². The average molecular weight is 411 g/mol. The van der Waals surface area contributed by atoms with Crippen LogP contribution in [0.5, 0.6) is 0 Å². The summed E-state index contributed by atoms with van der Waals surface area (Å²) < 4.78 is 5.43. The van der Waals surface area contributed by atoms with E-state index in [1.807, 2.05) is 51.1 Å². The first-order valence-electron chi connectivity index (χ1n) is 9.96. The number of rotatable bonds is 5. The Morgan fingerprint density at radius 2 is 1.93 bits per heavy atom. The molecule has 0 aliphatic heterocycles. The number of carbonyl (C=O) groups is 1. The van der Waals surface area contributed by atoms with Crippen LogP contribution < -0.4 is 5.32 Å². The molecule has 0 bridgehead atoms. The summed E-state index contributed by atoms with van der Waals surface area (Å²) in [4.78, 5) is 12.3. The number of nitrogens with one attached hydrogen (secondary N) is 1. The molecule has 29 heavy (non-hydrogen) atoms. The Hall–Kier alpha value is -2.51. The molecule has 0 saturated heterocycles. The zero-order valence-electron chi connectivity index (χ0n) is 17.2. The standard InChI is InChI=1S/C24H27ClN2O2/c1-23(2,3)29-22(28)27-16-21(18-7-4-6-17(14-18)15-26)24(12-5-13-24)19-8-10-20(25)11-9-19/h4,6-11,14,21H,5,12-13,16H2,1-3H3,(H,27,28)/t21-/m1/s1. The monoisotopic (exact) mass is 410 g/mol. The molecule has 2 aromatic carbocycles. The molecule has 1 aliphatic carbocycles. The Balaban J connectivity index is 1.94. The first-order chi connectivity index (χ1) is 13.7. The molecule has 1 saturated carbocycles. The number of carbonyl (C=O) groups excluding carboxylic acids is 1. The van der Waals surface area contributed by atoms with Gasteiger partial charge in [0, 0.05) is 22.9 Å². The molecule has 0 aromatic heterocycles. The highest BCUT2D eigenvalue weighted by atomic mass is 35.5. The lowest BCUT2D eigenvalue weighted by molar-refractivity contribution is 0.0511. The molecule has 1 fully saturated rings. The van der Waals surface area contributed by atoms with Crippen molar-refractivity contribution in [2.45, 2.75) is 57.0 Å². The first kappa shape index (κ1) is 21.2. The van der Waals surface area contributed by atoms with Crippen molar-refractivity contribution < 1.29 is 9.53 Å². The normalized spacial score (nSPS) is 16.2. The maximum atomic E-state index is 12.3. The molecule has 152 valence electrons. The number of nitriles is 1. The zero-order chi connectivity index (χ0) is 21.1. The average Bonchev–Trinajstić information content (AvgIpc) is 2.63. The van der Waals surface area contributed by atoms with E-state index in [1.165, 1.54) is 5.56 Å². The van der Waals surface area contributed by atoms with Crippen LogP contribution in [0.25, 0.3) is 0 Å². The number of hydrogen-bond acceptors (Lipinski definition) is 3. The van der Waals surface area contributed by atoms with Gasteiger partial charge in [0.1, 0.15) is 5.60 Å². The van der Waals surface area contributed by atoms with Gasteiger partial charge in [-0.1, -0.05) is 42.3 Å². The predicted molar refractivity (Wildman–Crippen MR) is 115 cm³/mol. The summed E-state index contributed by atoms with van der Waals surface area (Å²) in [5.74, 6) is 0.0262. The largest absolute Gasteiger partial charge is 0.444 e. The number of amides is 1. The number of benzene rings is 2.